The lowest BCUT2D eigenvalue weighted by Gasteiger charge is -2.12. The minimum Gasteiger partial charge on any atom is -0.494 e. The summed E-state index contributed by atoms with van der Waals surface area (Å²) in [5.41, 5.74) is -1.69. The van der Waals surface area contributed by atoms with Gasteiger partial charge in [0.05, 0.1) is 0 Å². The monoisotopic (exact) mass is 340 g/mol. The number of carboxylic acids is 1. The van der Waals surface area contributed by atoms with Gasteiger partial charge in [-0.15, -0.1) is 0 Å². The standard InChI is InChI=1S/C14H20N4O6/c1-4-5-9(13(22)23)16-10(19)7-15-6-8-11(20)17(2)14(24)18(3)12(8)21/h6,9,20H,4-5,7H2,1-3H3,(H,16,19)(H,22,23)/t9-/m1/s1. The van der Waals surface area contributed by atoms with E-state index in [-0.39, 0.29) is 12.0 Å². The van der Waals surface area contributed by atoms with Crippen LogP contribution < -0.4 is 16.6 Å². The van der Waals surface area contributed by atoms with Crippen molar-refractivity contribution in [2.75, 3.05) is 6.54 Å². The molecule has 0 aliphatic heterocycles. The second kappa shape index (κ2) is 8.09. The largest absolute Gasteiger partial charge is 0.494 e. The molecule has 10 nitrogen and oxygen atoms in total. The Kier molecular flexibility index (Phi) is 6.45. The topological polar surface area (TPSA) is 143 Å². The van der Waals surface area contributed by atoms with Crippen LogP contribution in [0, 0.1) is 0 Å². The second-order valence-corrected chi connectivity index (χ2v) is 5.16. The maximum atomic E-state index is 11.9. The van der Waals surface area contributed by atoms with E-state index < -0.39 is 41.6 Å². The summed E-state index contributed by atoms with van der Waals surface area (Å²) in [6.07, 6.45) is 1.85. The van der Waals surface area contributed by atoms with Gasteiger partial charge in [0.1, 0.15) is 18.2 Å². The zero-order valence-corrected chi connectivity index (χ0v) is 13.6. The average molecular weight is 340 g/mol. The molecule has 10 heteroatoms. The number of carbonyl (C=O) groups is 2. The second-order valence-electron chi connectivity index (χ2n) is 5.16. The molecule has 0 fully saturated rings. The highest BCUT2D eigenvalue weighted by atomic mass is 16.4. The van der Waals surface area contributed by atoms with Crippen molar-refractivity contribution in [3.05, 3.63) is 26.4 Å². The van der Waals surface area contributed by atoms with Gasteiger partial charge < -0.3 is 15.5 Å². The number of rotatable bonds is 7. The first-order chi connectivity index (χ1) is 11.2. The molecule has 132 valence electrons. The van der Waals surface area contributed by atoms with Crippen LogP contribution in [0.3, 0.4) is 0 Å². The Bertz CT molecular complexity index is 777. The molecule has 1 aromatic heterocycles. The molecule has 1 atom stereocenters. The quantitative estimate of drug-likeness (QED) is 0.520. The molecule has 0 unspecified atom stereocenters. The molecule has 0 bridgehead atoms. The molecule has 3 N–H and O–H groups in total. The zero-order valence-electron chi connectivity index (χ0n) is 13.6. The number of carboxylic acid groups (broad SMARTS) is 1. The van der Waals surface area contributed by atoms with Gasteiger partial charge >= 0.3 is 11.7 Å². The number of carbonyl (C=O) groups excluding carboxylic acids is 1. The molecule has 1 aromatic rings. The summed E-state index contributed by atoms with van der Waals surface area (Å²) < 4.78 is 1.66. The van der Waals surface area contributed by atoms with Crippen molar-refractivity contribution in [2.24, 2.45) is 19.1 Å². The average Bonchev–Trinajstić information content (AvgIpc) is 2.53. The van der Waals surface area contributed by atoms with Gasteiger partial charge in [-0.3, -0.25) is 23.7 Å². The Morgan fingerprint density at radius 1 is 1.29 bits per heavy atom. The van der Waals surface area contributed by atoms with Gasteiger partial charge in [-0.05, 0) is 6.42 Å². The van der Waals surface area contributed by atoms with Crippen molar-refractivity contribution in [3.63, 3.8) is 0 Å². The van der Waals surface area contributed by atoms with Crippen LogP contribution in [0.5, 0.6) is 5.88 Å². The zero-order chi connectivity index (χ0) is 18.4. The number of hydrogen-bond acceptors (Lipinski definition) is 6. The summed E-state index contributed by atoms with van der Waals surface area (Å²) in [5, 5.41) is 21.1. The lowest BCUT2D eigenvalue weighted by molar-refractivity contribution is -0.141. The Hall–Kier alpha value is -2.91. The van der Waals surface area contributed by atoms with Gasteiger partial charge in [-0.25, -0.2) is 9.59 Å². The van der Waals surface area contributed by atoms with Crippen LogP contribution in [-0.2, 0) is 23.7 Å². The molecular weight excluding hydrogens is 320 g/mol. The molecule has 0 aromatic carbocycles. The molecule has 1 heterocycles. The van der Waals surface area contributed by atoms with E-state index in [1.807, 2.05) is 0 Å². The number of aromatic hydroxyl groups is 1. The Morgan fingerprint density at radius 2 is 1.92 bits per heavy atom. The third-order valence-electron chi connectivity index (χ3n) is 3.33. The first-order valence-corrected chi connectivity index (χ1v) is 7.21. The van der Waals surface area contributed by atoms with Crippen molar-refractivity contribution in [3.8, 4) is 5.88 Å². The molecule has 0 spiro atoms. The number of nitrogens with one attached hydrogen (secondary N) is 1. The predicted octanol–water partition coefficient (Wildman–Crippen LogP) is -1.42. The summed E-state index contributed by atoms with van der Waals surface area (Å²) in [6.45, 7) is 1.37. The third-order valence-corrected chi connectivity index (χ3v) is 3.33. The van der Waals surface area contributed by atoms with E-state index in [1.165, 1.54) is 14.1 Å². The lowest BCUT2D eigenvalue weighted by atomic mass is 10.1. The first-order valence-electron chi connectivity index (χ1n) is 7.21. The fourth-order valence-corrected chi connectivity index (χ4v) is 1.98. The van der Waals surface area contributed by atoms with Crippen LogP contribution in [0.4, 0.5) is 0 Å². The summed E-state index contributed by atoms with van der Waals surface area (Å²) >= 11 is 0. The fourth-order valence-electron chi connectivity index (χ4n) is 1.98. The van der Waals surface area contributed by atoms with Gasteiger partial charge in [-0.1, -0.05) is 13.3 Å². The highest BCUT2D eigenvalue weighted by molar-refractivity contribution is 5.87. The molecule has 24 heavy (non-hydrogen) atoms. The lowest BCUT2D eigenvalue weighted by Crippen LogP contribution is -2.41. The van der Waals surface area contributed by atoms with Gasteiger partial charge in [0.15, 0.2) is 0 Å². The maximum Gasteiger partial charge on any atom is 0.333 e. The van der Waals surface area contributed by atoms with Crippen LogP contribution in [-0.4, -0.2) is 50.0 Å². The van der Waals surface area contributed by atoms with E-state index in [0.29, 0.717) is 6.42 Å². The first kappa shape index (κ1) is 19.1. The van der Waals surface area contributed by atoms with Crippen LogP contribution in [0.1, 0.15) is 25.3 Å². The van der Waals surface area contributed by atoms with Crippen molar-refractivity contribution >= 4 is 18.1 Å². The van der Waals surface area contributed by atoms with E-state index >= 15 is 0 Å². The highest BCUT2D eigenvalue weighted by Crippen LogP contribution is 2.05. The number of aromatic nitrogens is 2. The normalized spacial score (nSPS) is 12.3. The predicted molar refractivity (Wildman–Crippen MR) is 85.5 cm³/mol. The SMILES string of the molecule is CCC[C@@H](NC(=O)CN=Cc1c(O)n(C)c(=O)n(C)c1=O)C(=O)O. The van der Waals surface area contributed by atoms with Gasteiger partial charge in [-0.2, -0.15) is 0 Å². The molecule has 0 saturated heterocycles. The molecular formula is C14H20N4O6. The van der Waals surface area contributed by atoms with Crippen molar-refractivity contribution < 1.29 is 19.8 Å². The molecule has 0 saturated carbocycles. The highest BCUT2D eigenvalue weighted by Gasteiger charge is 2.18. The van der Waals surface area contributed by atoms with E-state index in [9.17, 15) is 24.3 Å². The molecule has 0 radical (unpaired) electrons. The minimum absolute atomic E-state index is 0.240. The van der Waals surface area contributed by atoms with E-state index in [1.54, 1.807) is 6.92 Å². The molecule has 0 aliphatic rings. The van der Waals surface area contributed by atoms with Crippen LogP contribution >= 0.6 is 0 Å². The molecule has 1 rings (SSSR count). The van der Waals surface area contributed by atoms with Crippen molar-refractivity contribution in [1.82, 2.24) is 14.5 Å². The Morgan fingerprint density at radius 3 is 2.46 bits per heavy atom. The number of amides is 1. The number of aliphatic imine (C=N–C) groups is 1. The summed E-state index contributed by atoms with van der Waals surface area (Å²) in [7, 11) is 2.53. The number of nitrogens with zero attached hydrogens (tertiary/aromatic N) is 3. The molecule has 1 amide bonds. The van der Waals surface area contributed by atoms with Gasteiger partial charge in [0.2, 0.25) is 11.8 Å². The fraction of sp³-hybridized carbons (Fsp3) is 0.500. The number of aliphatic carboxylic acids is 1. The van der Waals surface area contributed by atoms with Crippen LogP contribution in [0.2, 0.25) is 0 Å². The van der Waals surface area contributed by atoms with Gasteiger partial charge in [0.25, 0.3) is 5.56 Å². The summed E-state index contributed by atoms with van der Waals surface area (Å²) in [4.78, 5) is 49.9. The molecule has 0 aliphatic carbocycles. The number of hydrogen-bond donors (Lipinski definition) is 3. The van der Waals surface area contributed by atoms with Gasteiger partial charge in [0, 0.05) is 20.3 Å². The Balaban J connectivity index is 2.89. The smallest absolute Gasteiger partial charge is 0.333 e. The van der Waals surface area contributed by atoms with Crippen LogP contribution in [0.15, 0.2) is 14.6 Å². The Labute approximate surface area is 137 Å². The van der Waals surface area contributed by atoms with Crippen molar-refractivity contribution in [1.29, 1.82) is 0 Å². The van der Waals surface area contributed by atoms with E-state index in [0.717, 1.165) is 15.3 Å². The van der Waals surface area contributed by atoms with E-state index in [2.05, 4.69) is 10.3 Å². The third kappa shape index (κ3) is 4.31. The minimum atomic E-state index is -1.14. The summed E-state index contributed by atoms with van der Waals surface area (Å²) in [5.74, 6) is -2.34. The maximum absolute atomic E-state index is 11.9. The van der Waals surface area contributed by atoms with Crippen LogP contribution in [0.25, 0.3) is 0 Å². The summed E-state index contributed by atoms with van der Waals surface area (Å²) in [6, 6.07) is -1.00. The van der Waals surface area contributed by atoms with Crippen molar-refractivity contribution in [2.45, 2.75) is 25.8 Å². The van der Waals surface area contributed by atoms with E-state index in [4.69, 9.17) is 5.11 Å².